The molecule has 5 nitrogen and oxygen atoms in total. The smallest absolute Gasteiger partial charge is 0.251 e. The second kappa shape index (κ2) is 10.9. The molecule has 1 saturated heterocycles. The van der Waals surface area contributed by atoms with Crippen molar-refractivity contribution in [3.8, 4) is 11.1 Å². The van der Waals surface area contributed by atoms with Crippen LogP contribution < -0.4 is 5.32 Å². The van der Waals surface area contributed by atoms with E-state index in [1.807, 2.05) is 42.5 Å². The van der Waals surface area contributed by atoms with Crippen LogP contribution in [0, 0.1) is 5.92 Å². The van der Waals surface area contributed by atoms with Crippen LogP contribution in [0.25, 0.3) is 11.1 Å². The van der Waals surface area contributed by atoms with E-state index < -0.39 is 0 Å². The van der Waals surface area contributed by atoms with E-state index in [9.17, 15) is 14.4 Å². The Balaban J connectivity index is 1.26. The lowest BCUT2D eigenvalue weighted by Crippen LogP contribution is -2.45. The number of rotatable bonds is 6. The van der Waals surface area contributed by atoms with Crippen molar-refractivity contribution in [2.75, 3.05) is 19.6 Å². The number of hydrogen-bond acceptors (Lipinski definition) is 3. The number of Topliss-reactive ketones (excluding diaryl/α,β-unsaturated/α-hetero) is 1. The van der Waals surface area contributed by atoms with Gasteiger partial charge in [-0.3, -0.25) is 14.4 Å². The van der Waals surface area contributed by atoms with Crippen LogP contribution in [-0.2, 0) is 4.79 Å². The minimum Gasteiger partial charge on any atom is -0.343 e. The molecule has 0 atom stereocenters. The Morgan fingerprint density at radius 2 is 1.41 bits per heavy atom. The highest BCUT2D eigenvalue weighted by Crippen LogP contribution is 2.27. The van der Waals surface area contributed by atoms with Crippen molar-refractivity contribution in [2.45, 2.75) is 12.8 Å². The highest BCUT2D eigenvalue weighted by molar-refractivity contribution is 6.42. The molecule has 4 rings (SSSR count). The van der Waals surface area contributed by atoms with Gasteiger partial charge >= 0.3 is 0 Å². The molecule has 1 N–H and O–H groups in total. The lowest BCUT2D eigenvalue weighted by molar-refractivity contribution is -0.131. The minimum atomic E-state index is -0.294. The highest BCUT2D eigenvalue weighted by Gasteiger charge is 2.28. The number of hydrogen-bond donors (Lipinski definition) is 1. The van der Waals surface area contributed by atoms with Crippen LogP contribution in [-0.4, -0.2) is 42.1 Å². The van der Waals surface area contributed by atoms with E-state index in [1.165, 1.54) is 0 Å². The molecular weight excluding hydrogens is 471 g/mol. The molecule has 0 spiro atoms. The number of benzene rings is 3. The Bertz CT molecular complexity index is 1190. The van der Waals surface area contributed by atoms with Crippen molar-refractivity contribution in [2.24, 2.45) is 5.92 Å². The largest absolute Gasteiger partial charge is 0.343 e. The van der Waals surface area contributed by atoms with Gasteiger partial charge < -0.3 is 10.2 Å². The molecule has 1 fully saturated rings. The van der Waals surface area contributed by atoms with E-state index in [2.05, 4.69) is 5.32 Å². The Morgan fingerprint density at radius 3 is 2.06 bits per heavy atom. The molecule has 0 bridgehead atoms. The van der Waals surface area contributed by atoms with E-state index >= 15 is 0 Å². The normalized spacial score (nSPS) is 14.0. The third-order valence-electron chi connectivity index (χ3n) is 6.08. The molecule has 1 aliphatic heterocycles. The number of ketones is 1. The fourth-order valence-corrected chi connectivity index (χ4v) is 4.39. The van der Waals surface area contributed by atoms with E-state index in [-0.39, 0.29) is 30.1 Å². The summed E-state index contributed by atoms with van der Waals surface area (Å²) in [6.45, 7) is 0.862. The van der Waals surface area contributed by atoms with Gasteiger partial charge in [0.2, 0.25) is 5.91 Å². The molecule has 0 aliphatic carbocycles. The van der Waals surface area contributed by atoms with E-state index in [0.29, 0.717) is 47.1 Å². The summed E-state index contributed by atoms with van der Waals surface area (Å²) in [4.78, 5) is 39.5. The summed E-state index contributed by atoms with van der Waals surface area (Å²) < 4.78 is 0. The van der Waals surface area contributed by atoms with Gasteiger partial charge in [-0.25, -0.2) is 0 Å². The number of piperidine rings is 1. The summed E-state index contributed by atoms with van der Waals surface area (Å²) in [5, 5.41) is 3.46. The van der Waals surface area contributed by atoms with Gasteiger partial charge in [-0.1, -0.05) is 65.7 Å². The molecule has 2 amide bonds. The molecule has 34 heavy (non-hydrogen) atoms. The zero-order valence-corrected chi connectivity index (χ0v) is 20.0. The van der Waals surface area contributed by atoms with Crippen LogP contribution in [0.4, 0.5) is 0 Å². The van der Waals surface area contributed by atoms with E-state index in [0.717, 1.165) is 11.1 Å². The van der Waals surface area contributed by atoms with Crippen LogP contribution in [0.15, 0.2) is 72.8 Å². The van der Waals surface area contributed by atoms with Crippen molar-refractivity contribution in [3.05, 3.63) is 94.0 Å². The van der Waals surface area contributed by atoms with Crippen LogP contribution in [0.3, 0.4) is 0 Å². The van der Waals surface area contributed by atoms with E-state index in [1.54, 1.807) is 35.2 Å². The van der Waals surface area contributed by atoms with Crippen molar-refractivity contribution >= 4 is 40.8 Å². The summed E-state index contributed by atoms with van der Waals surface area (Å²) in [7, 11) is 0. The third kappa shape index (κ3) is 5.66. The first-order chi connectivity index (χ1) is 16.4. The zero-order valence-electron chi connectivity index (χ0n) is 18.5. The highest BCUT2D eigenvalue weighted by atomic mass is 35.5. The van der Waals surface area contributed by atoms with Gasteiger partial charge in [0.25, 0.3) is 5.91 Å². The molecule has 1 heterocycles. The monoisotopic (exact) mass is 494 g/mol. The summed E-state index contributed by atoms with van der Waals surface area (Å²) in [6.07, 6.45) is 1.14. The van der Waals surface area contributed by atoms with Gasteiger partial charge in [0.1, 0.15) is 0 Å². The molecule has 0 aromatic heterocycles. The molecule has 3 aromatic rings. The fourth-order valence-electron chi connectivity index (χ4n) is 4.09. The summed E-state index contributed by atoms with van der Waals surface area (Å²) in [5.74, 6) is -0.607. The van der Waals surface area contributed by atoms with Crippen molar-refractivity contribution in [1.29, 1.82) is 0 Å². The van der Waals surface area contributed by atoms with Gasteiger partial charge in [-0.05, 0) is 54.3 Å². The Kier molecular flexibility index (Phi) is 7.66. The lowest BCUT2D eigenvalue weighted by Gasteiger charge is -2.31. The molecule has 3 aromatic carbocycles. The quantitative estimate of drug-likeness (QED) is 0.459. The lowest BCUT2D eigenvalue weighted by atomic mass is 9.89. The fraction of sp³-hybridized carbons (Fsp3) is 0.222. The Labute approximate surface area is 208 Å². The number of halogens is 2. The Hall–Kier alpha value is -3.15. The van der Waals surface area contributed by atoms with Gasteiger partial charge in [0, 0.05) is 30.1 Å². The molecule has 174 valence electrons. The average Bonchev–Trinajstić information content (AvgIpc) is 2.89. The predicted molar refractivity (Wildman–Crippen MR) is 134 cm³/mol. The maximum Gasteiger partial charge on any atom is 0.251 e. The van der Waals surface area contributed by atoms with Gasteiger partial charge in [0.05, 0.1) is 16.6 Å². The van der Waals surface area contributed by atoms with Gasteiger partial charge in [-0.15, -0.1) is 0 Å². The number of nitrogens with one attached hydrogen (secondary N) is 1. The second-order valence-electron chi connectivity index (χ2n) is 8.27. The molecule has 0 saturated carbocycles. The first-order valence-corrected chi connectivity index (χ1v) is 11.9. The first kappa shape index (κ1) is 24.0. The number of likely N-dealkylation sites (tertiary alicyclic amines) is 1. The van der Waals surface area contributed by atoms with Crippen LogP contribution in [0.5, 0.6) is 0 Å². The number of carbonyl (C=O) groups excluding carboxylic acids is 3. The summed E-state index contributed by atoms with van der Waals surface area (Å²) >= 11 is 12.0. The SMILES string of the molecule is O=C(NCC(=O)N1CCC(C(=O)c2ccc(Cl)c(Cl)c2)CC1)c1ccc(-c2ccccc2)cc1. The molecule has 7 heteroatoms. The van der Waals surface area contributed by atoms with Crippen molar-refractivity contribution in [3.63, 3.8) is 0 Å². The van der Waals surface area contributed by atoms with Crippen LogP contribution in [0.1, 0.15) is 33.6 Å². The van der Waals surface area contributed by atoms with Crippen molar-refractivity contribution in [1.82, 2.24) is 10.2 Å². The second-order valence-corrected chi connectivity index (χ2v) is 9.09. The van der Waals surface area contributed by atoms with E-state index in [4.69, 9.17) is 23.2 Å². The minimum absolute atomic E-state index is 0.0120. The van der Waals surface area contributed by atoms with Crippen molar-refractivity contribution < 1.29 is 14.4 Å². The zero-order chi connectivity index (χ0) is 24.1. The maximum atomic E-state index is 12.8. The summed E-state index contributed by atoms with van der Waals surface area (Å²) in [5.41, 5.74) is 3.13. The Morgan fingerprint density at radius 1 is 0.794 bits per heavy atom. The summed E-state index contributed by atoms with van der Waals surface area (Å²) in [6, 6.07) is 22.1. The third-order valence-corrected chi connectivity index (χ3v) is 6.82. The van der Waals surface area contributed by atoms with Gasteiger partial charge in [0.15, 0.2) is 5.78 Å². The number of amides is 2. The maximum absolute atomic E-state index is 12.8. The molecule has 0 unspecified atom stereocenters. The average molecular weight is 495 g/mol. The predicted octanol–water partition coefficient (Wildman–Crippen LogP) is 5.51. The molecular formula is C27H24Cl2N2O3. The van der Waals surface area contributed by atoms with Crippen LogP contribution >= 0.6 is 23.2 Å². The number of nitrogens with zero attached hydrogens (tertiary/aromatic N) is 1. The standard InChI is InChI=1S/C27H24Cl2N2O3/c28-23-11-10-22(16-24(23)29)26(33)20-12-14-31(15-13-20)25(32)17-30-27(34)21-8-6-19(7-9-21)18-4-2-1-3-5-18/h1-11,16,20H,12-15,17H2,(H,30,34). The number of carbonyl (C=O) groups is 3. The van der Waals surface area contributed by atoms with Crippen LogP contribution in [0.2, 0.25) is 10.0 Å². The van der Waals surface area contributed by atoms with Gasteiger partial charge in [-0.2, -0.15) is 0 Å². The topological polar surface area (TPSA) is 66.5 Å². The molecule has 0 radical (unpaired) electrons. The first-order valence-electron chi connectivity index (χ1n) is 11.1. The molecule has 1 aliphatic rings.